The molecule has 0 aliphatic heterocycles. The molecule has 1 heterocycles. The van der Waals surface area contributed by atoms with Gasteiger partial charge < -0.3 is 9.73 Å². The van der Waals surface area contributed by atoms with Crippen LogP contribution in [0.2, 0.25) is 5.02 Å². The maximum absolute atomic E-state index is 13.5. The fourth-order valence-corrected chi connectivity index (χ4v) is 1.82. The first-order valence-corrected chi connectivity index (χ1v) is 5.76. The Morgan fingerprint density at radius 3 is 2.82 bits per heavy atom. The van der Waals surface area contributed by atoms with Crippen LogP contribution in [0.4, 0.5) is 4.39 Å². The predicted octanol–water partition coefficient (Wildman–Crippen LogP) is 3.92. The third kappa shape index (κ3) is 2.87. The summed E-state index contributed by atoms with van der Waals surface area (Å²) in [6.07, 6.45) is 1.61. The molecule has 1 aromatic carbocycles. The van der Waals surface area contributed by atoms with Crippen LogP contribution < -0.4 is 5.32 Å². The molecular weight excluding hydrogens is 241 g/mol. The number of hydrogen-bond acceptors (Lipinski definition) is 2. The van der Waals surface area contributed by atoms with Crippen LogP contribution in [-0.2, 0) is 6.54 Å². The van der Waals surface area contributed by atoms with Gasteiger partial charge in [0.1, 0.15) is 11.6 Å². The molecule has 0 saturated carbocycles. The molecule has 1 atom stereocenters. The molecule has 2 aromatic rings. The highest BCUT2D eigenvalue weighted by Gasteiger charge is 2.11. The SMILES string of the molecule is CC(NCc1c(F)cccc1Cl)c1ccco1. The van der Waals surface area contributed by atoms with Crippen molar-refractivity contribution in [3.8, 4) is 0 Å². The average molecular weight is 254 g/mol. The van der Waals surface area contributed by atoms with Crippen LogP contribution in [0.1, 0.15) is 24.3 Å². The molecule has 0 radical (unpaired) electrons. The highest BCUT2D eigenvalue weighted by atomic mass is 35.5. The monoisotopic (exact) mass is 253 g/mol. The largest absolute Gasteiger partial charge is 0.468 e. The lowest BCUT2D eigenvalue weighted by atomic mass is 10.2. The molecular formula is C13H13ClFNO. The van der Waals surface area contributed by atoms with Gasteiger partial charge in [0.05, 0.1) is 12.3 Å². The van der Waals surface area contributed by atoms with Crippen molar-refractivity contribution < 1.29 is 8.81 Å². The fraction of sp³-hybridized carbons (Fsp3) is 0.231. The highest BCUT2D eigenvalue weighted by molar-refractivity contribution is 6.31. The molecule has 0 fully saturated rings. The van der Waals surface area contributed by atoms with Crippen molar-refractivity contribution in [1.29, 1.82) is 0 Å². The van der Waals surface area contributed by atoms with Crippen LogP contribution >= 0.6 is 11.6 Å². The summed E-state index contributed by atoms with van der Waals surface area (Å²) in [4.78, 5) is 0. The number of rotatable bonds is 4. The maximum Gasteiger partial charge on any atom is 0.129 e. The summed E-state index contributed by atoms with van der Waals surface area (Å²) >= 11 is 5.93. The first-order chi connectivity index (χ1) is 8.18. The molecule has 0 saturated heterocycles. The predicted molar refractivity (Wildman–Crippen MR) is 65.4 cm³/mol. The summed E-state index contributed by atoms with van der Waals surface area (Å²) in [7, 11) is 0. The molecule has 90 valence electrons. The van der Waals surface area contributed by atoms with Gasteiger partial charge in [-0.25, -0.2) is 4.39 Å². The molecule has 0 aliphatic carbocycles. The van der Waals surface area contributed by atoms with Crippen LogP contribution in [0.25, 0.3) is 0 Å². The third-order valence-electron chi connectivity index (χ3n) is 2.62. The summed E-state index contributed by atoms with van der Waals surface area (Å²) in [5, 5.41) is 3.60. The standard InChI is InChI=1S/C13H13ClFNO/c1-9(13-6-3-7-17-13)16-8-10-11(14)4-2-5-12(10)15/h2-7,9,16H,8H2,1H3. The van der Waals surface area contributed by atoms with Crippen molar-refractivity contribution >= 4 is 11.6 Å². The summed E-state index contributed by atoms with van der Waals surface area (Å²) in [5.74, 6) is 0.522. The van der Waals surface area contributed by atoms with E-state index in [4.69, 9.17) is 16.0 Å². The topological polar surface area (TPSA) is 25.2 Å². The fourth-order valence-electron chi connectivity index (χ4n) is 1.59. The zero-order valence-corrected chi connectivity index (χ0v) is 10.2. The van der Waals surface area contributed by atoms with Crippen LogP contribution in [0.15, 0.2) is 41.0 Å². The van der Waals surface area contributed by atoms with Gasteiger partial charge in [-0.2, -0.15) is 0 Å². The van der Waals surface area contributed by atoms with E-state index in [0.29, 0.717) is 17.1 Å². The molecule has 17 heavy (non-hydrogen) atoms. The Morgan fingerprint density at radius 2 is 2.18 bits per heavy atom. The Hall–Kier alpha value is -1.32. The zero-order valence-electron chi connectivity index (χ0n) is 9.41. The van der Waals surface area contributed by atoms with E-state index in [1.165, 1.54) is 6.07 Å². The van der Waals surface area contributed by atoms with Crippen molar-refractivity contribution in [2.75, 3.05) is 0 Å². The molecule has 2 nitrogen and oxygen atoms in total. The summed E-state index contributed by atoms with van der Waals surface area (Å²) in [6, 6.07) is 8.39. The van der Waals surface area contributed by atoms with Crippen molar-refractivity contribution in [3.05, 3.63) is 58.8 Å². The highest BCUT2D eigenvalue weighted by Crippen LogP contribution is 2.20. The molecule has 0 bridgehead atoms. The second kappa shape index (κ2) is 5.34. The summed E-state index contributed by atoms with van der Waals surface area (Å²) in [5.41, 5.74) is 0.479. The van der Waals surface area contributed by atoms with Gasteiger partial charge in [0.2, 0.25) is 0 Å². The molecule has 1 aromatic heterocycles. The minimum absolute atomic E-state index is 0.0145. The van der Waals surface area contributed by atoms with Crippen LogP contribution in [-0.4, -0.2) is 0 Å². The Labute approximate surface area is 104 Å². The van der Waals surface area contributed by atoms with Gasteiger partial charge in [0.25, 0.3) is 0 Å². The second-order valence-corrected chi connectivity index (χ2v) is 4.23. The average Bonchev–Trinajstić information content (AvgIpc) is 2.81. The van der Waals surface area contributed by atoms with Crippen LogP contribution in [0, 0.1) is 5.82 Å². The number of hydrogen-bond donors (Lipinski definition) is 1. The molecule has 4 heteroatoms. The first kappa shape index (κ1) is 12.1. The Bertz CT molecular complexity index is 464. The quantitative estimate of drug-likeness (QED) is 0.893. The molecule has 0 aliphatic rings. The summed E-state index contributed by atoms with van der Waals surface area (Å²) in [6.45, 7) is 2.32. The number of halogens is 2. The van der Waals surface area contributed by atoms with E-state index in [2.05, 4.69) is 5.32 Å². The van der Waals surface area contributed by atoms with Crippen LogP contribution in [0.5, 0.6) is 0 Å². The van der Waals surface area contributed by atoms with Gasteiger partial charge in [0, 0.05) is 17.1 Å². The van der Waals surface area contributed by atoms with Gasteiger partial charge in [0.15, 0.2) is 0 Å². The van der Waals surface area contributed by atoms with E-state index in [9.17, 15) is 4.39 Å². The van der Waals surface area contributed by atoms with Gasteiger partial charge in [-0.3, -0.25) is 0 Å². The zero-order chi connectivity index (χ0) is 12.3. The lowest BCUT2D eigenvalue weighted by Crippen LogP contribution is -2.18. The minimum Gasteiger partial charge on any atom is -0.468 e. The smallest absolute Gasteiger partial charge is 0.129 e. The van der Waals surface area contributed by atoms with Crippen molar-refractivity contribution in [2.45, 2.75) is 19.5 Å². The van der Waals surface area contributed by atoms with E-state index < -0.39 is 0 Å². The first-order valence-electron chi connectivity index (χ1n) is 5.38. The van der Waals surface area contributed by atoms with Crippen molar-refractivity contribution in [2.24, 2.45) is 0 Å². The van der Waals surface area contributed by atoms with Gasteiger partial charge >= 0.3 is 0 Å². The second-order valence-electron chi connectivity index (χ2n) is 3.82. The lowest BCUT2D eigenvalue weighted by molar-refractivity contribution is 0.427. The van der Waals surface area contributed by atoms with Gasteiger partial charge in [-0.05, 0) is 31.2 Å². The van der Waals surface area contributed by atoms with Gasteiger partial charge in [-0.1, -0.05) is 17.7 Å². The van der Waals surface area contributed by atoms with E-state index in [1.54, 1.807) is 18.4 Å². The number of benzene rings is 1. The maximum atomic E-state index is 13.5. The lowest BCUT2D eigenvalue weighted by Gasteiger charge is -2.12. The van der Waals surface area contributed by atoms with Crippen molar-refractivity contribution in [3.63, 3.8) is 0 Å². The van der Waals surface area contributed by atoms with E-state index >= 15 is 0 Å². The molecule has 1 unspecified atom stereocenters. The molecule has 0 amide bonds. The number of furan rings is 1. The van der Waals surface area contributed by atoms with Gasteiger partial charge in [-0.15, -0.1) is 0 Å². The van der Waals surface area contributed by atoms with Crippen LogP contribution in [0.3, 0.4) is 0 Å². The van der Waals surface area contributed by atoms with E-state index in [1.807, 2.05) is 19.1 Å². The van der Waals surface area contributed by atoms with E-state index in [-0.39, 0.29) is 11.9 Å². The van der Waals surface area contributed by atoms with E-state index in [0.717, 1.165) is 5.76 Å². The molecule has 1 N–H and O–H groups in total. The Kier molecular flexibility index (Phi) is 3.82. The molecule has 2 rings (SSSR count). The Morgan fingerprint density at radius 1 is 1.35 bits per heavy atom. The van der Waals surface area contributed by atoms with Crippen molar-refractivity contribution in [1.82, 2.24) is 5.32 Å². The normalized spacial score (nSPS) is 12.6. The Balaban J connectivity index is 2.03. The summed E-state index contributed by atoms with van der Waals surface area (Å²) < 4.78 is 18.8. The number of nitrogens with one attached hydrogen (secondary N) is 1. The molecule has 0 spiro atoms. The minimum atomic E-state index is -0.295. The third-order valence-corrected chi connectivity index (χ3v) is 2.97.